The average molecular weight is 256 g/mol. The van der Waals surface area contributed by atoms with E-state index in [4.69, 9.17) is 11.1 Å². The number of aromatic nitrogens is 2. The number of amides is 1. The van der Waals surface area contributed by atoms with Gasteiger partial charge in [-0.3, -0.25) is 10.2 Å². The third-order valence-corrected chi connectivity index (χ3v) is 2.43. The maximum Gasteiger partial charge on any atom is 0.271 e. The smallest absolute Gasteiger partial charge is 0.271 e. The van der Waals surface area contributed by atoms with Gasteiger partial charge in [0.15, 0.2) is 11.2 Å². The van der Waals surface area contributed by atoms with Crippen molar-refractivity contribution in [2.24, 2.45) is 5.73 Å². The summed E-state index contributed by atoms with van der Waals surface area (Å²) in [4.78, 5) is 15.0. The van der Waals surface area contributed by atoms with Gasteiger partial charge in [-0.25, -0.2) is 4.98 Å². The summed E-state index contributed by atoms with van der Waals surface area (Å²) < 4.78 is 0.512. The van der Waals surface area contributed by atoms with Crippen LogP contribution < -0.4 is 11.2 Å². The number of rotatable bonds is 3. The highest BCUT2D eigenvalue weighted by atomic mass is 16.5. The number of primary amides is 1. The van der Waals surface area contributed by atoms with Crippen molar-refractivity contribution in [3.05, 3.63) is 59.0 Å². The van der Waals surface area contributed by atoms with E-state index in [2.05, 4.69) is 4.98 Å². The van der Waals surface area contributed by atoms with Crippen LogP contribution in [0.1, 0.15) is 21.7 Å². The predicted octanol–water partition coefficient (Wildman–Crippen LogP) is 0.869. The fourth-order valence-corrected chi connectivity index (χ4v) is 1.51. The molecule has 0 aliphatic carbocycles. The maximum atomic E-state index is 11.1. The summed E-state index contributed by atoms with van der Waals surface area (Å²) in [6.07, 6.45) is 4.62. The molecule has 0 fully saturated rings. The van der Waals surface area contributed by atoms with Crippen molar-refractivity contribution >= 4 is 18.1 Å². The number of nitrogens with one attached hydrogen (secondary N) is 1. The highest BCUT2D eigenvalue weighted by molar-refractivity contribution is 5.90. The number of nitrogens with two attached hydrogens (primary N) is 1. The van der Waals surface area contributed by atoms with Gasteiger partial charge in [0.25, 0.3) is 5.91 Å². The maximum absolute atomic E-state index is 11.1. The van der Waals surface area contributed by atoms with Crippen LogP contribution >= 0.6 is 0 Å². The molecule has 19 heavy (non-hydrogen) atoms. The fourth-order valence-electron chi connectivity index (χ4n) is 1.51. The average Bonchev–Trinajstić information content (AvgIpc) is 2.41. The molecule has 0 aliphatic heterocycles. The Bertz CT molecular complexity index is 690. The summed E-state index contributed by atoms with van der Waals surface area (Å²) in [5.74, 6) is -0.859. The number of carbonyl (C=O) groups is 1. The van der Waals surface area contributed by atoms with Gasteiger partial charge in [-0.05, 0) is 11.6 Å². The van der Waals surface area contributed by atoms with Crippen LogP contribution in [0.4, 0.5) is 0 Å². The van der Waals surface area contributed by atoms with Crippen LogP contribution in [-0.4, -0.2) is 20.8 Å². The van der Waals surface area contributed by atoms with Crippen LogP contribution in [0.3, 0.4) is 0 Å². The second kappa shape index (κ2) is 5.18. The highest BCUT2D eigenvalue weighted by Gasteiger charge is 2.09. The van der Waals surface area contributed by atoms with E-state index in [1.54, 1.807) is 12.2 Å². The number of hydrogen-bond donors (Lipinski definition) is 3. The molecule has 0 saturated heterocycles. The molecular weight excluding hydrogens is 244 g/mol. The minimum Gasteiger partial charge on any atom is -0.427 e. The van der Waals surface area contributed by atoms with E-state index in [0.717, 1.165) is 5.56 Å². The van der Waals surface area contributed by atoms with E-state index in [0.29, 0.717) is 10.4 Å². The topological polar surface area (TPSA) is 105 Å². The Morgan fingerprint density at radius 1 is 1.32 bits per heavy atom. The molecule has 0 bridgehead atoms. The lowest BCUT2D eigenvalue weighted by molar-refractivity contribution is 0.0983. The van der Waals surface area contributed by atoms with E-state index < -0.39 is 11.4 Å². The molecule has 0 atom stereocenters. The van der Waals surface area contributed by atoms with E-state index in [1.807, 2.05) is 30.3 Å². The first-order valence-electron chi connectivity index (χ1n) is 5.48. The van der Waals surface area contributed by atoms with E-state index in [9.17, 15) is 10.0 Å². The minimum absolute atomic E-state index is 0.280. The Hall–Kier alpha value is -2.89. The largest absolute Gasteiger partial charge is 0.427 e. The molecular formula is C13H12N4O2. The van der Waals surface area contributed by atoms with Crippen LogP contribution in [0.15, 0.2) is 36.5 Å². The summed E-state index contributed by atoms with van der Waals surface area (Å²) in [6, 6.07) is 9.48. The fraction of sp³-hybridized carbons (Fsp3) is 0. The van der Waals surface area contributed by atoms with Gasteiger partial charge in [-0.2, -0.15) is 4.73 Å². The van der Waals surface area contributed by atoms with Crippen LogP contribution in [0.5, 0.6) is 0 Å². The molecule has 1 amide bonds. The second-order valence-electron chi connectivity index (χ2n) is 3.82. The molecule has 1 aromatic carbocycles. The Labute approximate surface area is 108 Å². The van der Waals surface area contributed by atoms with Crippen LogP contribution in [-0.2, 0) is 0 Å². The van der Waals surface area contributed by atoms with Crippen molar-refractivity contribution in [3.8, 4) is 0 Å². The number of carbonyl (C=O) groups excluding carboxylic acids is 1. The zero-order chi connectivity index (χ0) is 13.8. The van der Waals surface area contributed by atoms with E-state index in [1.165, 1.54) is 6.20 Å². The Balaban J connectivity index is 2.39. The predicted molar refractivity (Wildman–Crippen MR) is 69.2 cm³/mol. The lowest BCUT2D eigenvalue weighted by atomic mass is 10.2. The monoisotopic (exact) mass is 256 g/mol. The molecule has 6 heteroatoms. The molecule has 0 spiro atoms. The normalized spacial score (nSPS) is 10.7. The number of benzene rings is 1. The summed E-state index contributed by atoms with van der Waals surface area (Å²) >= 11 is 0. The minimum atomic E-state index is -0.859. The second-order valence-corrected chi connectivity index (χ2v) is 3.82. The van der Waals surface area contributed by atoms with Gasteiger partial charge in [0.05, 0.1) is 11.9 Å². The third kappa shape index (κ3) is 2.86. The Morgan fingerprint density at radius 3 is 2.63 bits per heavy atom. The first kappa shape index (κ1) is 12.6. The van der Waals surface area contributed by atoms with Crippen molar-refractivity contribution in [2.75, 3.05) is 0 Å². The summed E-state index contributed by atoms with van der Waals surface area (Å²) in [5, 5.41) is 16.9. The van der Waals surface area contributed by atoms with Crippen molar-refractivity contribution in [3.63, 3.8) is 0 Å². The van der Waals surface area contributed by atoms with Crippen molar-refractivity contribution in [1.29, 1.82) is 5.41 Å². The van der Waals surface area contributed by atoms with Gasteiger partial charge in [0.2, 0.25) is 0 Å². The van der Waals surface area contributed by atoms with Gasteiger partial charge in [-0.15, -0.1) is 0 Å². The van der Waals surface area contributed by atoms with Gasteiger partial charge < -0.3 is 10.9 Å². The van der Waals surface area contributed by atoms with Gasteiger partial charge >= 0.3 is 0 Å². The molecule has 0 radical (unpaired) electrons. The first-order chi connectivity index (χ1) is 9.08. The summed E-state index contributed by atoms with van der Waals surface area (Å²) in [7, 11) is 0. The molecule has 0 saturated carbocycles. The third-order valence-electron chi connectivity index (χ3n) is 2.43. The SMILES string of the molecule is N=c1c(C(N)=O)nc(C=Cc2ccccc2)cn1O. The zero-order valence-corrected chi connectivity index (χ0v) is 9.95. The Morgan fingerprint density at radius 2 is 2.00 bits per heavy atom. The van der Waals surface area contributed by atoms with Crippen LogP contribution in [0, 0.1) is 5.41 Å². The van der Waals surface area contributed by atoms with Crippen molar-refractivity contribution < 1.29 is 10.0 Å². The van der Waals surface area contributed by atoms with Crippen LogP contribution in [0.25, 0.3) is 12.2 Å². The van der Waals surface area contributed by atoms with Gasteiger partial charge in [0, 0.05) is 0 Å². The lowest BCUT2D eigenvalue weighted by Crippen LogP contribution is -2.30. The number of nitrogens with zero attached hydrogens (tertiary/aromatic N) is 2. The molecule has 96 valence electrons. The molecule has 1 heterocycles. The number of hydrogen-bond acceptors (Lipinski definition) is 4. The summed E-state index contributed by atoms with van der Waals surface area (Å²) in [5.41, 5.74) is 5.65. The highest BCUT2D eigenvalue weighted by Crippen LogP contribution is 2.05. The van der Waals surface area contributed by atoms with Crippen molar-refractivity contribution in [1.82, 2.24) is 9.71 Å². The van der Waals surface area contributed by atoms with E-state index in [-0.39, 0.29) is 5.69 Å². The molecule has 0 aliphatic rings. The van der Waals surface area contributed by atoms with Gasteiger partial charge in [-0.1, -0.05) is 36.4 Å². The lowest BCUT2D eigenvalue weighted by Gasteiger charge is -2.02. The molecule has 6 nitrogen and oxygen atoms in total. The zero-order valence-electron chi connectivity index (χ0n) is 9.95. The van der Waals surface area contributed by atoms with Crippen molar-refractivity contribution in [2.45, 2.75) is 0 Å². The first-order valence-corrected chi connectivity index (χ1v) is 5.48. The standard InChI is InChI=1S/C13H12N4O2/c14-12-11(13(15)18)16-10(8-17(12)19)7-6-9-4-2-1-3-5-9/h1-8,14,19H,(H2,15,18). The molecule has 4 N–H and O–H groups in total. The quantitative estimate of drug-likeness (QED) is 0.709. The molecule has 0 unspecified atom stereocenters. The van der Waals surface area contributed by atoms with Crippen LogP contribution in [0.2, 0.25) is 0 Å². The Kier molecular flexibility index (Phi) is 3.42. The summed E-state index contributed by atoms with van der Waals surface area (Å²) in [6.45, 7) is 0. The molecule has 1 aromatic heterocycles. The molecule has 2 aromatic rings. The van der Waals surface area contributed by atoms with Gasteiger partial charge in [0.1, 0.15) is 0 Å². The van der Waals surface area contributed by atoms with E-state index >= 15 is 0 Å². The molecule has 2 rings (SSSR count).